The van der Waals surface area contributed by atoms with Crippen LogP contribution in [0.2, 0.25) is 0 Å². The van der Waals surface area contributed by atoms with Crippen molar-refractivity contribution >= 4 is 16.7 Å². The third-order valence-electron chi connectivity index (χ3n) is 3.86. The van der Waals surface area contributed by atoms with Crippen molar-refractivity contribution in [3.63, 3.8) is 0 Å². The van der Waals surface area contributed by atoms with Crippen LogP contribution in [0.3, 0.4) is 0 Å². The average molecular weight is 371 g/mol. The van der Waals surface area contributed by atoms with Gasteiger partial charge in [-0.15, -0.1) is 10.2 Å². The molecule has 2 aromatic carbocycles. The Hall–Kier alpha value is -3.56. The van der Waals surface area contributed by atoms with Crippen molar-refractivity contribution < 1.29 is 13.2 Å². The number of para-hydroxylation sites is 1. The molecule has 10 heteroatoms. The predicted octanol–water partition coefficient (Wildman–Crippen LogP) is 2.93. The molecule has 0 aliphatic heterocycles. The van der Waals surface area contributed by atoms with Crippen molar-refractivity contribution in [3.8, 4) is 11.4 Å². The van der Waals surface area contributed by atoms with Crippen LogP contribution in [0.4, 0.5) is 19.0 Å². The smallest absolute Gasteiger partial charge is 0.383 e. The summed E-state index contributed by atoms with van der Waals surface area (Å²) in [7, 11) is 0. The van der Waals surface area contributed by atoms with E-state index in [1.807, 2.05) is 18.2 Å². The molecule has 2 heterocycles. The molecule has 0 atom stereocenters. The Morgan fingerprint density at radius 1 is 1.00 bits per heavy atom. The van der Waals surface area contributed by atoms with E-state index in [0.29, 0.717) is 17.2 Å². The van der Waals surface area contributed by atoms with E-state index >= 15 is 0 Å². The lowest BCUT2D eigenvalue weighted by Crippen LogP contribution is -2.09. The number of hydrogen-bond donors (Lipinski definition) is 1. The predicted molar refractivity (Wildman–Crippen MR) is 91.3 cm³/mol. The molecule has 0 aliphatic rings. The molecule has 2 aromatic heterocycles. The Morgan fingerprint density at radius 3 is 2.63 bits per heavy atom. The Labute approximate surface area is 150 Å². The lowest BCUT2D eigenvalue weighted by Gasteiger charge is -2.06. The number of hydrogen-bond acceptors (Lipinski definition) is 6. The normalized spacial score (nSPS) is 11.8. The van der Waals surface area contributed by atoms with E-state index in [4.69, 9.17) is 5.73 Å². The van der Waals surface area contributed by atoms with Gasteiger partial charge in [-0.3, -0.25) is 0 Å². The number of nitrogens with two attached hydrogens (primary N) is 1. The van der Waals surface area contributed by atoms with E-state index in [-0.39, 0.29) is 17.9 Å². The van der Waals surface area contributed by atoms with Crippen molar-refractivity contribution in [1.29, 1.82) is 0 Å². The van der Waals surface area contributed by atoms with Crippen molar-refractivity contribution in [2.45, 2.75) is 12.7 Å². The van der Waals surface area contributed by atoms with Gasteiger partial charge in [-0.1, -0.05) is 24.3 Å². The molecule has 4 aromatic rings. The van der Waals surface area contributed by atoms with Gasteiger partial charge < -0.3 is 5.73 Å². The van der Waals surface area contributed by atoms with Gasteiger partial charge in [0.2, 0.25) is 5.82 Å². The molecule has 0 aliphatic carbocycles. The highest BCUT2D eigenvalue weighted by Crippen LogP contribution is 2.31. The molecule has 0 fully saturated rings. The number of benzene rings is 2. The molecule has 136 valence electrons. The number of aromatic nitrogens is 6. The Morgan fingerprint density at radius 2 is 1.81 bits per heavy atom. The largest absolute Gasteiger partial charge is 0.416 e. The van der Waals surface area contributed by atoms with E-state index in [0.717, 1.165) is 17.5 Å². The van der Waals surface area contributed by atoms with E-state index in [2.05, 4.69) is 25.4 Å². The van der Waals surface area contributed by atoms with Crippen LogP contribution in [0.5, 0.6) is 0 Å². The molecule has 0 saturated carbocycles. The fourth-order valence-corrected chi connectivity index (χ4v) is 2.61. The van der Waals surface area contributed by atoms with Crippen molar-refractivity contribution in [2.75, 3.05) is 5.73 Å². The highest BCUT2D eigenvalue weighted by molar-refractivity contribution is 5.87. The molecular formula is C17H12F3N7. The van der Waals surface area contributed by atoms with E-state index in [1.54, 1.807) is 6.07 Å². The van der Waals surface area contributed by atoms with Crippen molar-refractivity contribution in [1.82, 2.24) is 30.2 Å². The summed E-state index contributed by atoms with van der Waals surface area (Å²) >= 11 is 0. The van der Waals surface area contributed by atoms with Gasteiger partial charge in [-0.05, 0) is 29.5 Å². The van der Waals surface area contributed by atoms with Crippen LogP contribution in [0.1, 0.15) is 11.4 Å². The van der Waals surface area contributed by atoms with Gasteiger partial charge in [0.15, 0.2) is 5.82 Å². The molecule has 4 rings (SSSR count). The highest BCUT2D eigenvalue weighted by Gasteiger charge is 2.30. The number of fused-ring (bicyclic) bond motifs is 1. The SMILES string of the molecule is Nc1nc(Cn2nnc(-c3cccc(C(F)(F)F)c3)n2)nc2ccccc12. The molecule has 27 heavy (non-hydrogen) atoms. The van der Waals surface area contributed by atoms with Gasteiger partial charge in [0, 0.05) is 10.9 Å². The first-order chi connectivity index (χ1) is 12.9. The van der Waals surface area contributed by atoms with Gasteiger partial charge >= 0.3 is 6.18 Å². The lowest BCUT2D eigenvalue weighted by molar-refractivity contribution is -0.137. The number of nitrogens with zero attached hydrogens (tertiary/aromatic N) is 6. The Kier molecular flexibility index (Phi) is 3.94. The van der Waals surface area contributed by atoms with Gasteiger partial charge in [0.25, 0.3) is 0 Å². The van der Waals surface area contributed by atoms with Crippen LogP contribution in [0, 0.1) is 0 Å². The summed E-state index contributed by atoms with van der Waals surface area (Å²) in [4.78, 5) is 9.81. The summed E-state index contributed by atoms with van der Waals surface area (Å²) in [6.07, 6.45) is -4.44. The minimum absolute atomic E-state index is 0.0786. The number of alkyl halides is 3. The maximum atomic E-state index is 12.9. The summed E-state index contributed by atoms with van der Waals surface area (Å²) in [5, 5.41) is 12.5. The van der Waals surface area contributed by atoms with Crippen LogP contribution in [0.25, 0.3) is 22.3 Å². The second-order valence-corrected chi connectivity index (χ2v) is 5.76. The van der Waals surface area contributed by atoms with E-state index in [9.17, 15) is 13.2 Å². The quantitative estimate of drug-likeness (QED) is 0.595. The Bertz CT molecular complexity index is 1120. The fourth-order valence-electron chi connectivity index (χ4n) is 2.61. The third-order valence-corrected chi connectivity index (χ3v) is 3.86. The molecule has 0 radical (unpaired) electrons. The fraction of sp³-hybridized carbons (Fsp3) is 0.118. The lowest BCUT2D eigenvalue weighted by atomic mass is 10.1. The Balaban J connectivity index is 1.62. The van der Waals surface area contributed by atoms with Crippen LogP contribution in [-0.2, 0) is 12.7 Å². The van der Waals surface area contributed by atoms with E-state index in [1.165, 1.54) is 16.9 Å². The number of tetrazole rings is 1. The summed E-state index contributed by atoms with van der Waals surface area (Å²) in [6.45, 7) is 0.0843. The summed E-state index contributed by atoms with van der Waals surface area (Å²) in [5.41, 5.74) is 6.06. The molecule has 0 bridgehead atoms. The molecule has 0 spiro atoms. The van der Waals surface area contributed by atoms with Crippen molar-refractivity contribution in [2.24, 2.45) is 0 Å². The number of rotatable bonds is 3. The first kappa shape index (κ1) is 16.9. The summed E-state index contributed by atoms with van der Waals surface area (Å²) in [6, 6.07) is 12.0. The molecule has 0 saturated heterocycles. The van der Waals surface area contributed by atoms with Gasteiger partial charge in [0.1, 0.15) is 12.4 Å². The maximum Gasteiger partial charge on any atom is 0.416 e. The molecule has 7 nitrogen and oxygen atoms in total. The van der Waals surface area contributed by atoms with Crippen molar-refractivity contribution in [3.05, 3.63) is 59.9 Å². The first-order valence-electron chi connectivity index (χ1n) is 7.87. The summed E-state index contributed by atoms with van der Waals surface area (Å²) < 4.78 is 38.6. The monoisotopic (exact) mass is 371 g/mol. The molecular weight excluding hydrogens is 359 g/mol. The number of nitrogen functional groups attached to an aromatic ring is 1. The van der Waals surface area contributed by atoms with Crippen LogP contribution in [-0.4, -0.2) is 30.2 Å². The number of anilines is 1. The highest BCUT2D eigenvalue weighted by atomic mass is 19.4. The maximum absolute atomic E-state index is 12.9. The van der Waals surface area contributed by atoms with Crippen LogP contribution in [0.15, 0.2) is 48.5 Å². The molecule has 2 N–H and O–H groups in total. The van der Waals surface area contributed by atoms with Gasteiger partial charge in [-0.25, -0.2) is 9.97 Å². The standard InChI is InChI=1S/C17H12F3N7/c18-17(19,20)11-5-3-4-10(8-11)16-24-26-27(25-16)9-14-22-13-7-2-1-6-12(13)15(21)23-14/h1-8H,9H2,(H2,21,22,23). The first-order valence-corrected chi connectivity index (χ1v) is 7.87. The van der Waals surface area contributed by atoms with Crippen LogP contribution >= 0.6 is 0 Å². The van der Waals surface area contributed by atoms with E-state index < -0.39 is 11.7 Å². The minimum atomic E-state index is -4.44. The topological polar surface area (TPSA) is 95.4 Å². The summed E-state index contributed by atoms with van der Waals surface area (Å²) in [5.74, 6) is 0.780. The third kappa shape index (κ3) is 3.41. The second-order valence-electron chi connectivity index (χ2n) is 5.76. The molecule has 0 amide bonds. The zero-order valence-electron chi connectivity index (χ0n) is 13.7. The minimum Gasteiger partial charge on any atom is -0.383 e. The molecule has 0 unspecified atom stereocenters. The van der Waals surface area contributed by atoms with Gasteiger partial charge in [0.05, 0.1) is 11.1 Å². The average Bonchev–Trinajstić information content (AvgIpc) is 3.10. The van der Waals surface area contributed by atoms with Crippen LogP contribution < -0.4 is 5.73 Å². The van der Waals surface area contributed by atoms with Gasteiger partial charge in [-0.2, -0.15) is 18.0 Å². The zero-order valence-corrected chi connectivity index (χ0v) is 13.7. The zero-order chi connectivity index (χ0) is 19.0. The number of halogens is 3. The second kappa shape index (κ2) is 6.31.